The molecule has 1 heterocycles. The Labute approximate surface area is 175 Å². The summed E-state index contributed by atoms with van der Waals surface area (Å²) >= 11 is 6.16. The fraction of sp³-hybridized carbons (Fsp3) is 0.318. The summed E-state index contributed by atoms with van der Waals surface area (Å²) in [5.74, 6) is -1.16. The SMILES string of the molecule is Cc1cccc(C)c1NC(=O)CNC(=O)C1CC(=O)N(Cc2ccccc2Cl)C1. The molecule has 2 N–H and O–H groups in total. The van der Waals surface area contributed by atoms with E-state index in [1.807, 2.05) is 50.2 Å². The molecule has 1 fully saturated rings. The van der Waals surface area contributed by atoms with Gasteiger partial charge in [0.2, 0.25) is 17.7 Å². The van der Waals surface area contributed by atoms with Crippen LogP contribution in [0.5, 0.6) is 0 Å². The zero-order valence-corrected chi connectivity index (χ0v) is 17.3. The van der Waals surface area contributed by atoms with Crippen LogP contribution in [0.15, 0.2) is 42.5 Å². The zero-order valence-electron chi connectivity index (χ0n) is 16.5. The third-order valence-electron chi connectivity index (χ3n) is 5.07. The number of carbonyl (C=O) groups excluding carboxylic acids is 3. The average molecular weight is 414 g/mol. The molecule has 0 saturated carbocycles. The molecule has 1 aliphatic rings. The van der Waals surface area contributed by atoms with Gasteiger partial charge < -0.3 is 15.5 Å². The number of likely N-dealkylation sites (tertiary alicyclic amines) is 1. The van der Waals surface area contributed by atoms with Crippen molar-refractivity contribution in [1.82, 2.24) is 10.2 Å². The molecule has 6 nitrogen and oxygen atoms in total. The number of nitrogens with zero attached hydrogens (tertiary/aromatic N) is 1. The normalized spacial score (nSPS) is 16.0. The number of rotatable bonds is 6. The van der Waals surface area contributed by atoms with E-state index >= 15 is 0 Å². The maximum atomic E-state index is 12.5. The van der Waals surface area contributed by atoms with Crippen molar-refractivity contribution in [1.29, 1.82) is 0 Å². The molecular weight excluding hydrogens is 390 g/mol. The third-order valence-corrected chi connectivity index (χ3v) is 5.44. The minimum absolute atomic E-state index is 0.0925. The second-order valence-corrected chi connectivity index (χ2v) is 7.71. The Hall–Kier alpha value is -2.86. The van der Waals surface area contributed by atoms with Gasteiger partial charge in [-0.15, -0.1) is 0 Å². The molecule has 1 saturated heterocycles. The average Bonchev–Trinajstić information content (AvgIpc) is 3.05. The van der Waals surface area contributed by atoms with E-state index in [9.17, 15) is 14.4 Å². The predicted octanol–water partition coefficient (Wildman–Crippen LogP) is 3.06. The minimum atomic E-state index is -0.474. The van der Waals surface area contributed by atoms with Gasteiger partial charge in [-0.2, -0.15) is 0 Å². The largest absolute Gasteiger partial charge is 0.347 e. The summed E-state index contributed by atoms with van der Waals surface area (Å²) < 4.78 is 0. The summed E-state index contributed by atoms with van der Waals surface area (Å²) in [6.45, 7) is 4.38. The summed E-state index contributed by atoms with van der Waals surface area (Å²) in [5, 5.41) is 6.07. The number of benzene rings is 2. The first kappa shape index (κ1) is 20.9. The first-order chi connectivity index (χ1) is 13.8. The highest BCUT2D eigenvalue weighted by molar-refractivity contribution is 6.31. The highest BCUT2D eigenvalue weighted by Gasteiger charge is 2.34. The fourth-order valence-corrected chi connectivity index (χ4v) is 3.64. The Morgan fingerprint density at radius 1 is 1.10 bits per heavy atom. The minimum Gasteiger partial charge on any atom is -0.347 e. The summed E-state index contributed by atoms with van der Waals surface area (Å²) in [6.07, 6.45) is 0.134. The topological polar surface area (TPSA) is 78.5 Å². The number of halogens is 1. The summed E-state index contributed by atoms with van der Waals surface area (Å²) in [7, 11) is 0. The van der Waals surface area contributed by atoms with Crippen LogP contribution >= 0.6 is 11.6 Å². The summed E-state index contributed by atoms with van der Waals surface area (Å²) in [5.41, 5.74) is 3.52. The Morgan fingerprint density at radius 2 is 1.79 bits per heavy atom. The molecule has 3 amide bonds. The van der Waals surface area contributed by atoms with Gasteiger partial charge in [0.25, 0.3) is 0 Å². The van der Waals surface area contributed by atoms with Crippen molar-refractivity contribution < 1.29 is 14.4 Å². The maximum Gasteiger partial charge on any atom is 0.243 e. The van der Waals surface area contributed by atoms with Crippen LogP contribution in [0.3, 0.4) is 0 Å². The van der Waals surface area contributed by atoms with Gasteiger partial charge in [-0.25, -0.2) is 0 Å². The van der Waals surface area contributed by atoms with Crippen molar-refractivity contribution in [3.8, 4) is 0 Å². The van der Waals surface area contributed by atoms with Crippen molar-refractivity contribution in [3.63, 3.8) is 0 Å². The molecule has 152 valence electrons. The van der Waals surface area contributed by atoms with Crippen molar-refractivity contribution >= 4 is 35.0 Å². The van der Waals surface area contributed by atoms with Crippen LogP contribution in [0.25, 0.3) is 0 Å². The highest BCUT2D eigenvalue weighted by atomic mass is 35.5. The standard InChI is InChI=1S/C22H24ClN3O3/c1-14-6-5-7-15(2)21(14)25-19(27)11-24-22(29)17-10-20(28)26(13-17)12-16-8-3-4-9-18(16)23/h3-9,17H,10-13H2,1-2H3,(H,24,29)(H,25,27). The third kappa shape index (κ3) is 5.15. The molecule has 3 rings (SSSR count). The lowest BCUT2D eigenvalue weighted by Gasteiger charge is -2.17. The van der Waals surface area contributed by atoms with Crippen LogP contribution in [0.2, 0.25) is 5.02 Å². The van der Waals surface area contributed by atoms with E-state index in [0.29, 0.717) is 18.1 Å². The number of anilines is 1. The van der Waals surface area contributed by atoms with E-state index in [0.717, 1.165) is 22.4 Å². The van der Waals surface area contributed by atoms with Crippen LogP contribution in [-0.2, 0) is 20.9 Å². The molecule has 1 unspecified atom stereocenters. The van der Waals surface area contributed by atoms with E-state index in [-0.39, 0.29) is 30.7 Å². The first-order valence-electron chi connectivity index (χ1n) is 9.50. The monoisotopic (exact) mass is 413 g/mol. The van der Waals surface area contributed by atoms with E-state index in [1.54, 1.807) is 11.0 Å². The lowest BCUT2D eigenvalue weighted by atomic mass is 10.1. The molecule has 7 heteroatoms. The van der Waals surface area contributed by atoms with Gasteiger partial charge in [0.15, 0.2) is 0 Å². The van der Waals surface area contributed by atoms with Crippen LogP contribution in [0.1, 0.15) is 23.1 Å². The molecule has 0 aromatic heterocycles. The Balaban J connectivity index is 1.51. The van der Waals surface area contributed by atoms with Gasteiger partial charge in [0, 0.05) is 30.2 Å². The lowest BCUT2D eigenvalue weighted by Crippen LogP contribution is -2.38. The Bertz CT molecular complexity index is 924. The zero-order chi connectivity index (χ0) is 21.0. The molecule has 0 bridgehead atoms. The van der Waals surface area contributed by atoms with Crippen molar-refractivity contribution in [2.75, 3.05) is 18.4 Å². The molecule has 0 spiro atoms. The number of nitrogens with one attached hydrogen (secondary N) is 2. The van der Waals surface area contributed by atoms with E-state index in [4.69, 9.17) is 11.6 Å². The van der Waals surface area contributed by atoms with E-state index in [2.05, 4.69) is 10.6 Å². The van der Waals surface area contributed by atoms with Crippen LogP contribution < -0.4 is 10.6 Å². The second-order valence-electron chi connectivity index (χ2n) is 7.30. The molecule has 0 radical (unpaired) electrons. The Kier molecular flexibility index (Phi) is 6.54. The lowest BCUT2D eigenvalue weighted by molar-refractivity contribution is -0.129. The van der Waals surface area contributed by atoms with Crippen molar-refractivity contribution in [2.24, 2.45) is 5.92 Å². The number of para-hydroxylation sites is 1. The van der Waals surface area contributed by atoms with Gasteiger partial charge in [0.1, 0.15) is 0 Å². The van der Waals surface area contributed by atoms with Crippen molar-refractivity contribution in [2.45, 2.75) is 26.8 Å². The maximum absolute atomic E-state index is 12.5. The molecule has 2 aromatic carbocycles. The smallest absolute Gasteiger partial charge is 0.243 e. The predicted molar refractivity (Wildman–Crippen MR) is 113 cm³/mol. The quantitative estimate of drug-likeness (QED) is 0.763. The molecule has 1 aliphatic heterocycles. The Morgan fingerprint density at radius 3 is 2.48 bits per heavy atom. The molecule has 1 atom stereocenters. The first-order valence-corrected chi connectivity index (χ1v) is 9.88. The van der Waals surface area contributed by atoms with Crippen LogP contribution in [-0.4, -0.2) is 35.7 Å². The van der Waals surface area contributed by atoms with Crippen LogP contribution in [0, 0.1) is 19.8 Å². The van der Waals surface area contributed by atoms with Crippen molar-refractivity contribution in [3.05, 3.63) is 64.2 Å². The summed E-state index contributed by atoms with van der Waals surface area (Å²) in [6, 6.07) is 13.1. The summed E-state index contributed by atoms with van der Waals surface area (Å²) in [4.78, 5) is 38.6. The van der Waals surface area contributed by atoms with Gasteiger partial charge in [-0.3, -0.25) is 14.4 Å². The highest BCUT2D eigenvalue weighted by Crippen LogP contribution is 2.24. The van der Waals surface area contributed by atoms with Gasteiger partial charge in [0.05, 0.1) is 12.5 Å². The van der Waals surface area contributed by atoms with Gasteiger partial charge >= 0.3 is 0 Å². The second kappa shape index (κ2) is 9.09. The van der Waals surface area contributed by atoms with Gasteiger partial charge in [-0.1, -0.05) is 48.0 Å². The van der Waals surface area contributed by atoms with E-state index in [1.165, 1.54) is 0 Å². The van der Waals surface area contributed by atoms with Crippen LogP contribution in [0.4, 0.5) is 5.69 Å². The fourth-order valence-electron chi connectivity index (χ4n) is 3.44. The molecule has 0 aliphatic carbocycles. The number of amides is 3. The molecular formula is C22H24ClN3O3. The number of carbonyl (C=O) groups is 3. The number of hydrogen-bond acceptors (Lipinski definition) is 3. The number of hydrogen-bond donors (Lipinski definition) is 2. The number of aryl methyl sites for hydroxylation is 2. The molecule has 2 aromatic rings. The van der Waals surface area contributed by atoms with Gasteiger partial charge in [-0.05, 0) is 36.6 Å². The van der Waals surface area contributed by atoms with E-state index < -0.39 is 5.92 Å². The molecule has 29 heavy (non-hydrogen) atoms.